The van der Waals surface area contributed by atoms with Crippen molar-refractivity contribution >= 4 is 11.8 Å². The van der Waals surface area contributed by atoms with E-state index >= 15 is 0 Å². The largest absolute Gasteiger partial charge is 0.341 e. The summed E-state index contributed by atoms with van der Waals surface area (Å²) in [5.41, 5.74) is 0.967. The van der Waals surface area contributed by atoms with Crippen molar-refractivity contribution in [3.63, 3.8) is 0 Å². The molecule has 0 spiro atoms. The number of piperidine rings is 1. The van der Waals surface area contributed by atoms with Crippen LogP contribution in [0.5, 0.6) is 0 Å². The summed E-state index contributed by atoms with van der Waals surface area (Å²) in [5, 5.41) is 10.9. The third kappa shape index (κ3) is 4.97. The Bertz CT molecular complexity index is 804. The molecule has 0 aliphatic carbocycles. The lowest BCUT2D eigenvalue weighted by atomic mass is 10.0. The van der Waals surface area contributed by atoms with Gasteiger partial charge in [0.1, 0.15) is 6.04 Å². The van der Waals surface area contributed by atoms with Gasteiger partial charge < -0.3 is 10.2 Å². The lowest BCUT2D eigenvalue weighted by molar-refractivity contribution is -0.134. The van der Waals surface area contributed by atoms with Crippen LogP contribution in [0.1, 0.15) is 56.1 Å². The van der Waals surface area contributed by atoms with Crippen LogP contribution in [0.4, 0.5) is 0 Å². The van der Waals surface area contributed by atoms with Gasteiger partial charge in [-0.1, -0.05) is 35.5 Å². The van der Waals surface area contributed by atoms with Gasteiger partial charge in [-0.15, -0.1) is 5.10 Å². The van der Waals surface area contributed by atoms with Crippen LogP contribution in [0.25, 0.3) is 0 Å². The Morgan fingerprint density at radius 3 is 2.39 bits per heavy atom. The smallest absolute Gasteiger partial charge is 0.274 e. The van der Waals surface area contributed by atoms with E-state index in [1.165, 1.54) is 0 Å². The zero-order valence-electron chi connectivity index (χ0n) is 16.9. The van der Waals surface area contributed by atoms with Crippen molar-refractivity contribution in [2.45, 2.75) is 58.0 Å². The number of hydrogen-bond donors (Lipinski definition) is 1. The number of carbonyl (C=O) groups excluding carboxylic acids is 2. The van der Waals surface area contributed by atoms with E-state index in [0.29, 0.717) is 6.42 Å². The molecule has 0 bridgehead atoms. The molecule has 7 heteroatoms. The number of nitrogens with zero attached hydrogens (tertiary/aromatic N) is 4. The second-order valence-corrected chi connectivity index (χ2v) is 8.32. The molecule has 1 aromatic carbocycles. The molecule has 2 aromatic rings. The fourth-order valence-electron chi connectivity index (χ4n) is 3.31. The molecular weight excluding hydrogens is 354 g/mol. The van der Waals surface area contributed by atoms with Gasteiger partial charge in [-0.3, -0.25) is 9.59 Å². The summed E-state index contributed by atoms with van der Waals surface area (Å²) < 4.78 is 1.65. The lowest BCUT2D eigenvalue weighted by Gasteiger charge is -2.30. The first-order valence-electron chi connectivity index (χ1n) is 9.91. The van der Waals surface area contributed by atoms with E-state index in [1.54, 1.807) is 10.9 Å². The molecular formula is C21H29N5O2. The van der Waals surface area contributed by atoms with Crippen LogP contribution in [0.15, 0.2) is 36.5 Å². The normalized spacial score (nSPS) is 15.9. The summed E-state index contributed by atoms with van der Waals surface area (Å²) >= 11 is 0. The van der Waals surface area contributed by atoms with Gasteiger partial charge in [-0.2, -0.15) is 0 Å². The molecule has 2 amide bonds. The van der Waals surface area contributed by atoms with Crippen LogP contribution in [0.3, 0.4) is 0 Å². The summed E-state index contributed by atoms with van der Waals surface area (Å²) in [6.45, 7) is 7.46. The van der Waals surface area contributed by atoms with Crippen molar-refractivity contribution in [2.75, 3.05) is 13.1 Å². The molecule has 7 nitrogen and oxygen atoms in total. The minimum atomic E-state index is -0.618. The maximum Gasteiger partial charge on any atom is 0.274 e. The van der Waals surface area contributed by atoms with Crippen LogP contribution in [-0.2, 0) is 16.8 Å². The molecule has 1 atom stereocenters. The van der Waals surface area contributed by atoms with E-state index in [1.807, 2.05) is 56.0 Å². The molecule has 1 aliphatic rings. The topological polar surface area (TPSA) is 80.1 Å². The highest BCUT2D eigenvalue weighted by Gasteiger charge is 2.28. The Balaban J connectivity index is 1.76. The Labute approximate surface area is 166 Å². The van der Waals surface area contributed by atoms with Gasteiger partial charge in [0, 0.05) is 19.5 Å². The first-order valence-corrected chi connectivity index (χ1v) is 9.91. The minimum Gasteiger partial charge on any atom is -0.341 e. The molecule has 28 heavy (non-hydrogen) atoms. The number of benzene rings is 1. The highest BCUT2D eigenvalue weighted by molar-refractivity contribution is 5.96. The van der Waals surface area contributed by atoms with Crippen LogP contribution in [0, 0.1) is 0 Å². The molecule has 1 unspecified atom stereocenters. The van der Waals surface area contributed by atoms with Crippen molar-refractivity contribution < 1.29 is 9.59 Å². The van der Waals surface area contributed by atoms with Gasteiger partial charge >= 0.3 is 0 Å². The number of amides is 2. The summed E-state index contributed by atoms with van der Waals surface area (Å²) in [6, 6.07) is 9.14. The van der Waals surface area contributed by atoms with E-state index < -0.39 is 6.04 Å². The van der Waals surface area contributed by atoms with Crippen molar-refractivity contribution in [1.29, 1.82) is 0 Å². The highest BCUT2D eigenvalue weighted by Crippen LogP contribution is 2.14. The van der Waals surface area contributed by atoms with Crippen molar-refractivity contribution in [1.82, 2.24) is 25.2 Å². The molecule has 2 heterocycles. The lowest BCUT2D eigenvalue weighted by Crippen LogP contribution is -2.51. The van der Waals surface area contributed by atoms with Crippen LogP contribution < -0.4 is 5.32 Å². The maximum atomic E-state index is 13.1. The summed E-state index contributed by atoms with van der Waals surface area (Å²) in [4.78, 5) is 27.7. The molecule has 1 aliphatic heterocycles. The van der Waals surface area contributed by atoms with Gasteiger partial charge in [0.05, 0.1) is 11.7 Å². The van der Waals surface area contributed by atoms with E-state index in [2.05, 4.69) is 15.6 Å². The zero-order chi connectivity index (χ0) is 20.1. The number of carbonyl (C=O) groups is 2. The number of likely N-dealkylation sites (tertiary alicyclic amines) is 1. The van der Waals surface area contributed by atoms with E-state index in [4.69, 9.17) is 0 Å². The number of rotatable bonds is 5. The van der Waals surface area contributed by atoms with Crippen LogP contribution in [0.2, 0.25) is 0 Å². The van der Waals surface area contributed by atoms with Gasteiger partial charge in [0.2, 0.25) is 5.91 Å². The number of nitrogens with one attached hydrogen (secondary N) is 1. The number of aromatic nitrogens is 3. The SMILES string of the molecule is CC(C)(C)n1cc(C(=O)NC(Cc2ccccc2)C(=O)N2CCCCC2)nn1. The minimum absolute atomic E-state index is 0.0277. The van der Waals surface area contributed by atoms with Crippen molar-refractivity contribution in [2.24, 2.45) is 0 Å². The zero-order valence-corrected chi connectivity index (χ0v) is 16.9. The molecule has 150 valence electrons. The standard InChI is InChI=1S/C21H29N5O2/c1-21(2,3)26-15-18(23-24-26)19(27)22-17(14-16-10-6-4-7-11-16)20(28)25-12-8-5-9-13-25/h4,6-7,10-11,15,17H,5,8-9,12-14H2,1-3H3,(H,22,27). The van der Waals surface area contributed by atoms with E-state index in [0.717, 1.165) is 37.9 Å². The van der Waals surface area contributed by atoms with Crippen molar-refractivity contribution in [3.8, 4) is 0 Å². The number of hydrogen-bond acceptors (Lipinski definition) is 4. The predicted molar refractivity (Wildman–Crippen MR) is 107 cm³/mol. The highest BCUT2D eigenvalue weighted by atomic mass is 16.2. The molecule has 3 rings (SSSR count). The van der Waals surface area contributed by atoms with Gasteiger partial charge in [-0.25, -0.2) is 4.68 Å². The molecule has 1 aromatic heterocycles. The first kappa shape index (κ1) is 20.0. The second kappa shape index (κ2) is 8.54. The van der Waals surface area contributed by atoms with Gasteiger partial charge in [0.15, 0.2) is 5.69 Å². The summed E-state index contributed by atoms with van der Waals surface area (Å²) in [5.74, 6) is -0.401. The van der Waals surface area contributed by atoms with Crippen LogP contribution in [-0.4, -0.2) is 50.8 Å². The maximum absolute atomic E-state index is 13.1. The summed E-state index contributed by atoms with van der Waals surface area (Å²) in [6.07, 6.45) is 5.25. The predicted octanol–water partition coefficient (Wildman–Crippen LogP) is 2.39. The van der Waals surface area contributed by atoms with Gasteiger partial charge in [0.25, 0.3) is 5.91 Å². The third-order valence-corrected chi connectivity index (χ3v) is 4.97. The fraction of sp³-hybridized carbons (Fsp3) is 0.524. The van der Waals surface area contributed by atoms with Crippen molar-refractivity contribution in [3.05, 3.63) is 47.8 Å². The average molecular weight is 383 g/mol. The molecule has 0 radical (unpaired) electrons. The Morgan fingerprint density at radius 2 is 1.79 bits per heavy atom. The quantitative estimate of drug-likeness (QED) is 0.860. The first-order chi connectivity index (χ1) is 13.3. The Hall–Kier alpha value is -2.70. The van der Waals surface area contributed by atoms with Crippen LogP contribution >= 0.6 is 0 Å². The van der Waals surface area contributed by atoms with Gasteiger partial charge in [-0.05, 0) is 45.6 Å². The Kier molecular flexibility index (Phi) is 6.11. The molecule has 1 fully saturated rings. The van der Waals surface area contributed by atoms with E-state index in [9.17, 15) is 9.59 Å². The molecule has 0 saturated carbocycles. The molecule has 1 N–H and O–H groups in total. The summed E-state index contributed by atoms with van der Waals surface area (Å²) in [7, 11) is 0. The van der Waals surface area contributed by atoms with E-state index in [-0.39, 0.29) is 23.0 Å². The monoisotopic (exact) mass is 383 g/mol. The Morgan fingerprint density at radius 1 is 1.11 bits per heavy atom. The fourth-order valence-corrected chi connectivity index (χ4v) is 3.31. The molecule has 1 saturated heterocycles. The second-order valence-electron chi connectivity index (χ2n) is 8.32. The third-order valence-electron chi connectivity index (χ3n) is 4.97. The average Bonchev–Trinajstić information content (AvgIpc) is 3.19.